The number of carbonyl (C=O) groups is 1. The van der Waals surface area contributed by atoms with Crippen LogP contribution in [0, 0.1) is 5.82 Å². The third-order valence-corrected chi connectivity index (χ3v) is 6.32. The van der Waals surface area contributed by atoms with Gasteiger partial charge in [0.25, 0.3) is 0 Å². The largest absolute Gasteiger partial charge is 0.506 e. The Morgan fingerprint density at radius 2 is 2.12 bits per heavy atom. The Kier molecular flexibility index (Phi) is 4.88. The zero-order valence-corrected chi connectivity index (χ0v) is 17.6. The molecule has 1 saturated heterocycles. The van der Waals surface area contributed by atoms with Gasteiger partial charge in [0.2, 0.25) is 5.95 Å². The molecule has 0 spiro atoms. The van der Waals surface area contributed by atoms with Gasteiger partial charge >= 0.3 is 5.97 Å². The molecule has 1 aliphatic carbocycles. The Bertz CT molecular complexity index is 1110. The summed E-state index contributed by atoms with van der Waals surface area (Å²) in [6, 6.07) is 3.31. The standard InChI is InChI=1S/C21H19ClF2N4O4/c1-26-11-5-3-7-14-16(11)19(25-20(26)21(30)31)27-8-15(22)28(18(24)12(27)9-32-14)17-10(23)4-2-6-13(17)29/h2-4,6-8,11,19-20,25,29H,5,9H2,1H3,(H,30,31)/t11?,19-,20?/m0/s1. The zero-order chi connectivity index (χ0) is 22.7. The highest BCUT2D eigenvalue weighted by molar-refractivity contribution is 6.31. The van der Waals surface area contributed by atoms with Gasteiger partial charge in [-0.3, -0.25) is 15.1 Å². The van der Waals surface area contributed by atoms with Crippen molar-refractivity contribution in [3.05, 3.63) is 70.5 Å². The number of para-hydroxylation sites is 1. The van der Waals surface area contributed by atoms with Crippen LogP contribution in [0.3, 0.4) is 0 Å². The van der Waals surface area contributed by atoms with Gasteiger partial charge in [-0.2, -0.15) is 4.39 Å². The van der Waals surface area contributed by atoms with Crippen LogP contribution in [0.4, 0.5) is 14.5 Å². The van der Waals surface area contributed by atoms with Crippen molar-refractivity contribution in [3.63, 3.8) is 0 Å². The van der Waals surface area contributed by atoms with Crippen LogP contribution in [0.5, 0.6) is 5.75 Å². The fourth-order valence-corrected chi connectivity index (χ4v) is 4.82. The minimum absolute atomic E-state index is 0.00444. The second-order valence-corrected chi connectivity index (χ2v) is 8.16. The van der Waals surface area contributed by atoms with E-state index in [4.69, 9.17) is 16.3 Å². The van der Waals surface area contributed by atoms with E-state index in [0.717, 1.165) is 16.5 Å². The minimum atomic E-state index is -1.08. The average molecular weight is 465 g/mol. The number of hydrogen-bond donors (Lipinski definition) is 3. The molecule has 11 heteroatoms. The van der Waals surface area contributed by atoms with Crippen LogP contribution < -0.4 is 10.2 Å². The lowest BCUT2D eigenvalue weighted by atomic mass is 9.90. The van der Waals surface area contributed by atoms with Crippen LogP contribution in [-0.2, 0) is 9.53 Å². The van der Waals surface area contributed by atoms with E-state index in [-0.39, 0.29) is 23.5 Å². The predicted octanol–water partition coefficient (Wildman–Crippen LogP) is 2.71. The molecule has 3 heterocycles. The van der Waals surface area contributed by atoms with Crippen LogP contribution in [0.1, 0.15) is 6.42 Å². The summed E-state index contributed by atoms with van der Waals surface area (Å²) in [5, 5.41) is 22.7. The number of hydrogen-bond acceptors (Lipinski definition) is 7. The third kappa shape index (κ3) is 2.98. The van der Waals surface area contributed by atoms with Crippen molar-refractivity contribution in [2.45, 2.75) is 24.8 Å². The Labute approximate surface area is 186 Å². The van der Waals surface area contributed by atoms with Gasteiger partial charge in [0.1, 0.15) is 40.8 Å². The smallest absolute Gasteiger partial charge is 0.335 e. The number of halogens is 3. The van der Waals surface area contributed by atoms with Crippen molar-refractivity contribution in [2.24, 2.45) is 0 Å². The number of phenols is 1. The number of fused-ring (bicyclic) bond motifs is 2. The molecule has 5 rings (SSSR count). The van der Waals surface area contributed by atoms with Crippen LogP contribution in [0.2, 0.25) is 0 Å². The molecule has 0 bridgehead atoms. The molecule has 3 atom stereocenters. The number of phenolic OH excluding ortho intramolecular Hbond substituents is 1. The van der Waals surface area contributed by atoms with Gasteiger partial charge in [0, 0.05) is 17.8 Å². The fraction of sp³-hybridized carbons (Fsp3) is 0.286. The molecule has 1 aromatic carbocycles. The Hall–Kier alpha value is -3.08. The van der Waals surface area contributed by atoms with Gasteiger partial charge in [-0.05, 0) is 31.7 Å². The molecule has 0 saturated carbocycles. The molecular formula is C21H19ClF2N4O4. The highest BCUT2D eigenvalue weighted by Crippen LogP contribution is 2.44. The molecule has 0 aromatic heterocycles. The summed E-state index contributed by atoms with van der Waals surface area (Å²) in [5.41, 5.74) is 0.320. The van der Waals surface area contributed by atoms with Gasteiger partial charge in [0.15, 0.2) is 12.0 Å². The number of carboxylic acid groups (broad SMARTS) is 1. The van der Waals surface area contributed by atoms with Gasteiger partial charge in [-0.15, -0.1) is 0 Å². The molecule has 3 aliphatic heterocycles. The maximum absolute atomic E-state index is 15.8. The van der Waals surface area contributed by atoms with Crippen molar-refractivity contribution >= 4 is 23.3 Å². The normalized spacial score (nSPS) is 27.5. The average Bonchev–Trinajstić information content (AvgIpc) is 2.90. The first-order valence-electron chi connectivity index (χ1n) is 9.85. The van der Waals surface area contributed by atoms with E-state index in [9.17, 15) is 19.4 Å². The van der Waals surface area contributed by atoms with Crippen LogP contribution in [0.25, 0.3) is 0 Å². The summed E-state index contributed by atoms with van der Waals surface area (Å²) in [4.78, 5) is 15.8. The summed E-state index contributed by atoms with van der Waals surface area (Å²) in [7, 11) is 1.69. The van der Waals surface area contributed by atoms with E-state index in [1.165, 1.54) is 23.2 Å². The number of carboxylic acids is 1. The lowest BCUT2D eigenvalue weighted by molar-refractivity contribution is -0.146. The van der Waals surface area contributed by atoms with Gasteiger partial charge in [0.05, 0.1) is 0 Å². The topological polar surface area (TPSA) is 88.5 Å². The number of rotatable bonds is 2. The number of nitrogens with one attached hydrogen (secondary N) is 1. The van der Waals surface area contributed by atoms with Gasteiger partial charge in [-0.25, -0.2) is 9.18 Å². The first kappa shape index (κ1) is 20.8. The molecule has 4 aliphatic rings. The molecule has 32 heavy (non-hydrogen) atoms. The first-order chi connectivity index (χ1) is 15.3. The number of allylic oxidation sites excluding steroid dienone is 1. The summed E-state index contributed by atoms with van der Waals surface area (Å²) >= 11 is 6.38. The highest BCUT2D eigenvalue weighted by Gasteiger charge is 2.48. The van der Waals surface area contributed by atoms with E-state index < -0.39 is 41.5 Å². The second-order valence-electron chi connectivity index (χ2n) is 7.78. The maximum atomic E-state index is 15.8. The quantitative estimate of drug-likeness (QED) is 0.576. The van der Waals surface area contributed by atoms with E-state index in [1.54, 1.807) is 18.0 Å². The van der Waals surface area contributed by atoms with E-state index >= 15 is 4.39 Å². The number of anilines is 1. The molecule has 1 aromatic rings. The predicted molar refractivity (Wildman–Crippen MR) is 111 cm³/mol. The summed E-state index contributed by atoms with van der Waals surface area (Å²) < 4.78 is 36.2. The summed E-state index contributed by atoms with van der Waals surface area (Å²) in [5.74, 6) is -2.86. The minimum Gasteiger partial charge on any atom is -0.506 e. The summed E-state index contributed by atoms with van der Waals surface area (Å²) in [6.45, 7) is -0.215. The second kappa shape index (κ2) is 7.51. The Morgan fingerprint density at radius 3 is 2.84 bits per heavy atom. The lowest BCUT2D eigenvalue weighted by Gasteiger charge is -2.48. The van der Waals surface area contributed by atoms with E-state index in [1.807, 2.05) is 6.08 Å². The SMILES string of the molecule is CN1C2CC=CC3=C2[C@@H](NC1C(=O)O)N1C=C(Cl)N(c2c(O)cccc2F)C(F)=C1CO3. The number of aromatic hydroxyl groups is 1. The molecular weight excluding hydrogens is 446 g/mol. The first-order valence-corrected chi connectivity index (χ1v) is 10.2. The van der Waals surface area contributed by atoms with E-state index in [2.05, 4.69) is 5.32 Å². The highest BCUT2D eigenvalue weighted by atomic mass is 35.5. The van der Waals surface area contributed by atoms with Crippen molar-refractivity contribution in [3.8, 4) is 5.75 Å². The number of ether oxygens (including phenoxy) is 1. The zero-order valence-electron chi connectivity index (χ0n) is 16.8. The number of benzene rings is 1. The van der Waals surface area contributed by atoms with Crippen molar-refractivity contribution in [1.82, 2.24) is 15.1 Å². The van der Waals surface area contributed by atoms with Crippen LogP contribution in [-0.4, -0.2) is 58.0 Å². The van der Waals surface area contributed by atoms with Crippen molar-refractivity contribution in [2.75, 3.05) is 18.6 Å². The molecule has 3 N–H and O–H groups in total. The molecule has 2 unspecified atom stereocenters. The lowest BCUT2D eigenvalue weighted by Crippen LogP contribution is -2.66. The number of likely N-dealkylation sites (N-methyl/N-ethyl adjacent to an activating group) is 1. The molecule has 0 amide bonds. The van der Waals surface area contributed by atoms with Gasteiger partial charge < -0.3 is 19.8 Å². The Balaban J connectivity index is 1.64. The molecule has 168 valence electrons. The number of nitrogens with zero attached hydrogens (tertiary/aromatic N) is 3. The maximum Gasteiger partial charge on any atom is 0.335 e. The van der Waals surface area contributed by atoms with Crippen LogP contribution in [0.15, 0.2) is 64.7 Å². The third-order valence-electron chi connectivity index (χ3n) is 6.05. The fourth-order valence-electron chi connectivity index (χ4n) is 4.56. The van der Waals surface area contributed by atoms with E-state index in [0.29, 0.717) is 12.2 Å². The monoisotopic (exact) mass is 464 g/mol. The van der Waals surface area contributed by atoms with Crippen molar-refractivity contribution in [1.29, 1.82) is 0 Å². The van der Waals surface area contributed by atoms with Crippen molar-refractivity contribution < 1.29 is 28.5 Å². The molecule has 1 fully saturated rings. The van der Waals surface area contributed by atoms with Gasteiger partial charge in [-0.1, -0.05) is 23.7 Å². The molecule has 0 radical (unpaired) electrons. The summed E-state index contributed by atoms with van der Waals surface area (Å²) in [6.07, 6.45) is 3.79. The molecule has 8 nitrogen and oxygen atoms in total. The number of aliphatic carboxylic acids is 1. The Morgan fingerprint density at radius 1 is 1.34 bits per heavy atom. The van der Waals surface area contributed by atoms with Crippen LogP contribution >= 0.6 is 11.6 Å².